The van der Waals surface area contributed by atoms with E-state index in [1.54, 1.807) is 18.2 Å². The number of rotatable bonds is 7. The molecule has 0 radical (unpaired) electrons. The van der Waals surface area contributed by atoms with Crippen molar-refractivity contribution in [3.05, 3.63) is 34.9 Å². The molecule has 0 aliphatic carbocycles. The number of nitrogens with two attached hydrogens (primary N) is 2. The number of carbonyl (C=O) groups excluding carboxylic acids is 2. The lowest BCUT2D eigenvalue weighted by Gasteiger charge is -2.34. The largest absolute Gasteiger partial charge is 0.366 e. The molecular weight excluding hydrogens is 264 g/mol. The van der Waals surface area contributed by atoms with Crippen molar-refractivity contribution in [1.82, 2.24) is 0 Å². The summed E-state index contributed by atoms with van der Waals surface area (Å²) in [6, 6.07) is 4.87. The molecule has 1 atom stereocenters. The van der Waals surface area contributed by atoms with Gasteiger partial charge in [-0.1, -0.05) is 40.5 Å². The number of unbranched alkanes of at least 4 members (excludes halogenated alkanes) is 1. The lowest BCUT2D eigenvalue weighted by molar-refractivity contribution is 0.0985. The first kappa shape index (κ1) is 17.2. The minimum absolute atomic E-state index is 0.259. The molecule has 0 saturated heterocycles. The monoisotopic (exact) mass is 290 g/mol. The fourth-order valence-electron chi connectivity index (χ4n) is 2.58. The molecule has 4 nitrogen and oxygen atoms in total. The highest BCUT2D eigenvalue weighted by molar-refractivity contribution is 5.98. The van der Waals surface area contributed by atoms with Crippen molar-refractivity contribution in [3.63, 3.8) is 0 Å². The summed E-state index contributed by atoms with van der Waals surface area (Å²) in [5, 5.41) is 0. The lowest BCUT2D eigenvalue weighted by Crippen LogP contribution is -2.31. The normalized spacial score (nSPS) is 13.0. The predicted molar refractivity (Wildman–Crippen MR) is 85.2 cm³/mol. The van der Waals surface area contributed by atoms with Gasteiger partial charge in [-0.15, -0.1) is 0 Å². The maximum absolute atomic E-state index is 11.7. The molecule has 2 amide bonds. The van der Waals surface area contributed by atoms with Gasteiger partial charge in [0.15, 0.2) is 0 Å². The second-order valence-electron chi connectivity index (χ2n) is 6.25. The molecule has 0 aliphatic heterocycles. The van der Waals surface area contributed by atoms with Crippen LogP contribution < -0.4 is 11.5 Å². The van der Waals surface area contributed by atoms with E-state index in [4.69, 9.17) is 11.5 Å². The molecular formula is C17H26N2O2. The van der Waals surface area contributed by atoms with Gasteiger partial charge in [-0.3, -0.25) is 9.59 Å². The van der Waals surface area contributed by atoms with Crippen LogP contribution in [0.4, 0.5) is 0 Å². The van der Waals surface area contributed by atoms with Crippen LogP contribution in [0.5, 0.6) is 0 Å². The van der Waals surface area contributed by atoms with Crippen molar-refractivity contribution in [2.24, 2.45) is 17.4 Å². The molecule has 1 rings (SSSR count). The Kier molecular flexibility index (Phi) is 5.53. The van der Waals surface area contributed by atoms with Crippen molar-refractivity contribution in [1.29, 1.82) is 0 Å². The summed E-state index contributed by atoms with van der Waals surface area (Å²) in [6.07, 6.45) is 3.32. The summed E-state index contributed by atoms with van der Waals surface area (Å²) >= 11 is 0. The summed E-state index contributed by atoms with van der Waals surface area (Å²) in [7, 11) is 0. The Bertz CT molecular complexity index is 536. The molecule has 0 spiro atoms. The third-order valence-corrected chi connectivity index (χ3v) is 4.49. The standard InChI is InChI=1S/C17H26N2O2/c1-5-6-7-11(2)17(3,4)14-10-12(15(18)20)8-9-13(14)16(19)21/h8-11H,5-7H2,1-4H3,(H2,18,20)(H2,19,21). The third kappa shape index (κ3) is 3.84. The van der Waals surface area contributed by atoms with Gasteiger partial charge >= 0.3 is 0 Å². The Hall–Kier alpha value is -1.84. The highest BCUT2D eigenvalue weighted by atomic mass is 16.1. The van der Waals surface area contributed by atoms with E-state index in [1.807, 2.05) is 0 Å². The average Bonchev–Trinajstić information content (AvgIpc) is 2.43. The SMILES string of the molecule is CCCCC(C)C(C)(C)c1cc(C(N)=O)ccc1C(N)=O. The van der Waals surface area contributed by atoms with E-state index in [0.29, 0.717) is 17.0 Å². The van der Waals surface area contributed by atoms with Crippen molar-refractivity contribution in [3.8, 4) is 0 Å². The molecule has 4 heteroatoms. The van der Waals surface area contributed by atoms with Crippen molar-refractivity contribution >= 4 is 11.8 Å². The Labute approximate surface area is 126 Å². The van der Waals surface area contributed by atoms with Crippen molar-refractivity contribution in [2.45, 2.75) is 52.4 Å². The van der Waals surface area contributed by atoms with Crippen LogP contribution in [0.25, 0.3) is 0 Å². The number of primary amides is 2. The minimum Gasteiger partial charge on any atom is -0.366 e. The van der Waals surface area contributed by atoms with E-state index < -0.39 is 11.8 Å². The minimum atomic E-state index is -0.496. The molecule has 1 aromatic carbocycles. The van der Waals surface area contributed by atoms with Crippen LogP contribution in [-0.2, 0) is 5.41 Å². The van der Waals surface area contributed by atoms with Gasteiger partial charge in [-0.2, -0.15) is 0 Å². The van der Waals surface area contributed by atoms with Gasteiger partial charge in [-0.05, 0) is 41.5 Å². The Morgan fingerprint density at radius 2 is 1.81 bits per heavy atom. The van der Waals surface area contributed by atoms with E-state index >= 15 is 0 Å². The molecule has 116 valence electrons. The molecule has 0 heterocycles. The van der Waals surface area contributed by atoms with E-state index in [1.165, 1.54) is 0 Å². The molecule has 1 aromatic rings. The van der Waals surface area contributed by atoms with Crippen LogP contribution in [0.1, 0.15) is 73.2 Å². The number of amides is 2. The molecule has 0 aromatic heterocycles. The summed E-state index contributed by atoms with van der Waals surface area (Å²) in [4.78, 5) is 23.1. The lowest BCUT2D eigenvalue weighted by atomic mass is 9.70. The van der Waals surface area contributed by atoms with E-state index in [0.717, 1.165) is 24.8 Å². The van der Waals surface area contributed by atoms with Crippen molar-refractivity contribution < 1.29 is 9.59 Å². The zero-order chi connectivity index (χ0) is 16.2. The molecule has 0 saturated carbocycles. The van der Waals surface area contributed by atoms with Gasteiger partial charge in [0.1, 0.15) is 0 Å². The first-order valence-corrected chi connectivity index (χ1v) is 7.46. The van der Waals surface area contributed by atoms with Crippen molar-refractivity contribution in [2.75, 3.05) is 0 Å². The highest BCUT2D eigenvalue weighted by Crippen LogP contribution is 2.37. The third-order valence-electron chi connectivity index (χ3n) is 4.49. The molecule has 4 N–H and O–H groups in total. The zero-order valence-electron chi connectivity index (χ0n) is 13.4. The van der Waals surface area contributed by atoms with Crippen LogP contribution in [-0.4, -0.2) is 11.8 Å². The molecule has 21 heavy (non-hydrogen) atoms. The van der Waals surface area contributed by atoms with Gasteiger partial charge in [0.05, 0.1) is 0 Å². The molecule has 0 fully saturated rings. The summed E-state index contributed by atoms with van der Waals surface area (Å²) in [6.45, 7) is 8.49. The second kappa shape index (κ2) is 6.74. The Morgan fingerprint density at radius 3 is 2.29 bits per heavy atom. The number of hydrogen-bond donors (Lipinski definition) is 2. The number of carbonyl (C=O) groups is 2. The van der Waals surface area contributed by atoms with Gasteiger partial charge in [-0.25, -0.2) is 0 Å². The Morgan fingerprint density at radius 1 is 1.19 bits per heavy atom. The van der Waals surface area contributed by atoms with E-state index in [9.17, 15) is 9.59 Å². The topological polar surface area (TPSA) is 86.2 Å². The first-order chi connectivity index (χ1) is 9.71. The van der Waals surface area contributed by atoms with Crippen LogP contribution >= 0.6 is 0 Å². The van der Waals surface area contributed by atoms with Gasteiger partial charge < -0.3 is 11.5 Å². The summed E-state index contributed by atoms with van der Waals surface area (Å²) in [5.41, 5.74) is 12.3. The fourth-order valence-corrected chi connectivity index (χ4v) is 2.58. The highest BCUT2D eigenvalue weighted by Gasteiger charge is 2.31. The van der Waals surface area contributed by atoms with E-state index in [-0.39, 0.29) is 5.41 Å². The summed E-state index contributed by atoms with van der Waals surface area (Å²) in [5.74, 6) is -0.611. The zero-order valence-corrected chi connectivity index (χ0v) is 13.4. The quantitative estimate of drug-likeness (QED) is 0.808. The van der Waals surface area contributed by atoms with E-state index in [2.05, 4.69) is 27.7 Å². The van der Waals surface area contributed by atoms with Gasteiger partial charge in [0.2, 0.25) is 11.8 Å². The first-order valence-electron chi connectivity index (χ1n) is 7.46. The maximum atomic E-state index is 11.7. The predicted octanol–water partition coefficient (Wildman–Crippen LogP) is 2.99. The van der Waals surface area contributed by atoms with Crippen LogP contribution in [0.3, 0.4) is 0 Å². The van der Waals surface area contributed by atoms with Gasteiger partial charge in [0, 0.05) is 11.1 Å². The van der Waals surface area contributed by atoms with Crippen LogP contribution in [0, 0.1) is 5.92 Å². The second-order valence-corrected chi connectivity index (χ2v) is 6.25. The van der Waals surface area contributed by atoms with Gasteiger partial charge in [0.25, 0.3) is 0 Å². The molecule has 0 aliphatic rings. The number of benzene rings is 1. The van der Waals surface area contributed by atoms with Crippen LogP contribution in [0.2, 0.25) is 0 Å². The van der Waals surface area contributed by atoms with Crippen LogP contribution in [0.15, 0.2) is 18.2 Å². The smallest absolute Gasteiger partial charge is 0.248 e. The summed E-state index contributed by atoms with van der Waals surface area (Å²) < 4.78 is 0. The number of hydrogen-bond acceptors (Lipinski definition) is 2. The maximum Gasteiger partial charge on any atom is 0.248 e. The fraction of sp³-hybridized carbons (Fsp3) is 0.529. The Balaban J connectivity index is 3.32. The molecule has 0 bridgehead atoms. The molecule has 1 unspecified atom stereocenters. The average molecular weight is 290 g/mol.